The molecule has 1 aliphatic carbocycles. The maximum absolute atomic E-state index is 11.6. The van der Waals surface area contributed by atoms with Crippen LogP contribution in [0.15, 0.2) is 0 Å². The third-order valence-electron chi connectivity index (χ3n) is 2.92. The maximum Gasteiger partial charge on any atom is 0.409 e. The predicted molar refractivity (Wildman–Crippen MR) is 62.2 cm³/mol. The molecule has 0 unspecified atom stereocenters. The molecule has 1 amide bonds. The first kappa shape index (κ1) is 13.3. The van der Waals surface area contributed by atoms with Gasteiger partial charge < -0.3 is 14.7 Å². The van der Waals surface area contributed by atoms with Crippen molar-refractivity contribution in [3.63, 3.8) is 0 Å². The van der Waals surface area contributed by atoms with Crippen LogP contribution in [0.5, 0.6) is 0 Å². The van der Waals surface area contributed by atoms with Crippen LogP contribution in [0.25, 0.3) is 0 Å². The monoisotopic (exact) mass is 229 g/mol. The van der Waals surface area contributed by atoms with Crippen LogP contribution in [0.4, 0.5) is 4.79 Å². The highest BCUT2D eigenvalue weighted by atomic mass is 16.6. The van der Waals surface area contributed by atoms with Crippen molar-refractivity contribution in [3.8, 4) is 0 Å². The molecule has 0 saturated heterocycles. The minimum Gasteiger partial charge on any atom is -0.449 e. The molecule has 1 saturated carbocycles. The smallest absolute Gasteiger partial charge is 0.409 e. The highest BCUT2D eigenvalue weighted by Crippen LogP contribution is 2.29. The van der Waals surface area contributed by atoms with Crippen LogP contribution >= 0.6 is 0 Å². The molecule has 1 aliphatic rings. The van der Waals surface area contributed by atoms with Gasteiger partial charge in [0.05, 0.1) is 18.8 Å². The maximum atomic E-state index is 11.6. The Kier molecular flexibility index (Phi) is 4.59. The highest BCUT2D eigenvalue weighted by Gasteiger charge is 2.33. The van der Waals surface area contributed by atoms with Crippen molar-refractivity contribution in [2.75, 3.05) is 20.2 Å². The van der Waals surface area contributed by atoms with E-state index in [-0.39, 0.29) is 6.09 Å². The Morgan fingerprint density at radius 2 is 2.00 bits per heavy atom. The van der Waals surface area contributed by atoms with E-state index in [0.29, 0.717) is 19.1 Å². The zero-order valence-corrected chi connectivity index (χ0v) is 10.5. The van der Waals surface area contributed by atoms with Gasteiger partial charge in [0.15, 0.2) is 0 Å². The molecule has 0 heterocycles. The largest absolute Gasteiger partial charge is 0.449 e. The number of hydrogen-bond donors (Lipinski definition) is 1. The second-order valence-corrected chi connectivity index (χ2v) is 5.26. The van der Waals surface area contributed by atoms with Gasteiger partial charge in [0.2, 0.25) is 0 Å². The number of aliphatic hydroxyl groups is 1. The van der Waals surface area contributed by atoms with Gasteiger partial charge in [-0.3, -0.25) is 0 Å². The minimum atomic E-state index is -0.689. The Hall–Kier alpha value is -0.770. The van der Waals surface area contributed by atoms with Crippen molar-refractivity contribution in [3.05, 3.63) is 0 Å². The number of ether oxygens (including phenoxy) is 1. The van der Waals surface area contributed by atoms with Crippen molar-refractivity contribution in [1.29, 1.82) is 0 Å². The summed E-state index contributed by atoms with van der Waals surface area (Å²) in [7, 11) is 1.68. The Morgan fingerprint density at radius 1 is 1.44 bits per heavy atom. The fourth-order valence-electron chi connectivity index (χ4n) is 2.05. The van der Waals surface area contributed by atoms with Crippen LogP contribution in [0, 0.1) is 5.92 Å². The standard InChI is InChI=1S/C12H23NO3/c1-10(2)8-16-11(14)13(3)9-12(15)6-4-5-7-12/h10,15H,4-9H2,1-3H3. The normalized spacial score (nSPS) is 18.8. The number of rotatable bonds is 4. The second kappa shape index (κ2) is 5.53. The summed E-state index contributed by atoms with van der Waals surface area (Å²) in [6.45, 7) is 4.81. The molecule has 0 aromatic rings. The quantitative estimate of drug-likeness (QED) is 0.802. The lowest BCUT2D eigenvalue weighted by molar-refractivity contribution is 0.0113. The van der Waals surface area contributed by atoms with Crippen molar-refractivity contribution in [2.45, 2.75) is 45.1 Å². The number of amides is 1. The van der Waals surface area contributed by atoms with Crippen molar-refractivity contribution in [2.24, 2.45) is 5.92 Å². The van der Waals surface area contributed by atoms with E-state index in [1.165, 1.54) is 4.90 Å². The van der Waals surface area contributed by atoms with Crippen LogP contribution in [0.2, 0.25) is 0 Å². The van der Waals surface area contributed by atoms with Crippen molar-refractivity contribution >= 4 is 6.09 Å². The average Bonchev–Trinajstić information content (AvgIpc) is 2.61. The summed E-state index contributed by atoms with van der Waals surface area (Å²) in [4.78, 5) is 13.0. The van der Waals surface area contributed by atoms with Gasteiger partial charge in [0, 0.05) is 7.05 Å². The molecule has 4 heteroatoms. The third-order valence-corrected chi connectivity index (χ3v) is 2.92. The zero-order chi connectivity index (χ0) is 12.2. The lowest BCUT2D eigenvalue weighted by Gasteiger charge is -2.28. The van der Waals surface area contributed by atoms with Gasteiger partial charge in [0.1, 0.15) is 0 Å². The summed E-state index contributed by atoms with van der Waals surface area (Å²) in [6, 6.07) is 0. The summed E-state index contributed by atoms with van der Waals surface area (Å²) in [5, 5.41) is 10.1. The molecule has 0 aliphatic heterocycles. The summed E-state index contributed by atoms with van der Waals surface area (Å²) < 4.78 is 5.10. The van der Waals surface area contributed by atoms with E-state index in [0.717, 1.165) is 25.7 Å². The number of carbonyl (C=O) groups excluding carboxylic acids is 1. The first-order chi connectivity index (χ1) is 7.43. The fraction of sp³-hybridized carbons (Fsp3) is 0.917. The first-order valence-electron chi connectivity index (χ1n) is 6.03. The van der Waals surface area contributed by atoms with Gasteiger partial charge >= 0.3 is 6.09 Å². The summed E-state index contributed by atoms with van der Waals surface area (Å²) in [5.41, 5.74) is -0.689. The van der Waals surface area contributed by atoms with Gasteiger partial charge in [-0.25, -0.2) is 4.79 Å². The van der Waals surface area contributed by atoms with E-state index in [1.54, 1.807) is 7.05 Å². The van der Waals surface area contributed by atoms with Crippen molar-refractivity contribution < 1.29 is 14.6 Å². The van der Waals surface area contributed by atoms with Gasteiger partial charge in [-0.2, -0.15) is 0 Å². The van der Waals surface area contributed by atoms with E-state index in [2.05, 4.69) is 0 Å². The SMILES string of the molecule is CC(C)COC(=O)N(C)CC1(O)CCCC1. The summed E-state index contributed by atoms with van der Waals surface area (Å²) in [5.74, 6) is 0.340. The van der Waals surface area contributed by atoms with Gasteiger partial charge in [-0.15, -0.1) is 0 Å². The molecule has 0 radical (unpaired) electrons. The topological polar surface area (TPSA) is 49.8 Å². The molecule has 0 aromatic heterocycles. The van der Waals surface area contributed by atoms with Crippen molar-refractivity contribution in [1.82, 2.24) is 4.90 Å². The van der Waals surface area contributed by atoms with Crippen LogP contribution in [0.1, 0.15) is 39.5 Å². The van der Waals surface area contributed by atoms with Gasteiger partial charge in [-0.05, 0) is 18.8 Å². The van der Waals surface area contributed by atoms with Crippen LogP contribution in [-0.4, -0.2) is 41.9 Å². The lowest BCUT2D eigenvalue weighted by Crippen LogP contribution is -2.42. The molecule has 0 atom stereocenters. The van der Waals surface area contributed by atoms with Crippen LogP contribution < -0.4 is 0 Å². The molecule has 4 nitrogen and oxygen atoms in total. The number of nitrogens with zero attached hydrogens (tertiary/aromatic N) is 1. The molecule has 1 N–H and O–H groups in total. The third kappa shape index (κ3) is 4.00. The Balaban J connectivity index is 2.33. The summed E-state index contributed by atoms with van der Waals surface area (Å²) in [6.07, 6.45) is 3.33. The van der Waals surface area contributed by atoms with E-state index in [1.807, 2.05) is 13.8 Å². The Bertz CT molecular complexity index is 234. The van der Waals surface area contributed by atoms with Crippen LogP contribution in [-0.2, 0) is 4.74 Å². The second-order valence-electron chi connectivity index (χ2n) is 5.26. The van der Waals surface area contributed by atoms with Gasteiger partial charge in [0.25, 0.3) is 0 Å². The molecular weight excluding hydrogens is 206 g/mol. The van der Waals surface area contributed by atoms with E-state index >= 15 is 0 Å². The van der Waals surface area contributed by atoms with Crippen LogP contribution in [0.3, 0.4) is 0 Å². The molecule has 0 spiro atoms. The molecule has 1 fully saturated rings. The molecule has 16 heavy (non-hydrogen) atoms. The zero-order valence-electron chi connectivity index (χ0n) is 10.5. The predicted octanol–water partition coefficient (Wildman–Crippen LogP) is 2.02. The van der Waals surface area contributed by atoms with Gasteiger partial charge in [-0.1, -0.05) is 26.7 Å². The molecule has 0 bridgehead atoms. The first-order valence-corrected chi connectivity index (χ1v) is 6.03. The Morgan fingerprint density at radius 3 is 2.50 bits per heavy atom. The number of likely N-dealkylation sites (N-methyl/N-ethyl adjacent to an activating group) is 1. The lowest BCUT2D eigenvalue weighted by atomic mass is 10.0. The van der Waals surface area contributed by atoms with E-state index < -0.39 is 5.60 Å². The molecule has 1 rings (SSSR count). The molecule has 94 valence electrons. The number of hydrogen-bond acceptors (Lipinski definition) is 3. The van der Waals surface area contributed by atoms with E-state index in [4.69, 9.17) is 4.74 Å². The average molecular weight is 229 g/mol. The van der Waals surface area contributed by atoms with E-state index in [9.17, 15) is 9.90 Å². The molecular formula is C12H23NO3. The minimum absolute atomic E-state index is 0.339. The fourth-order valence-corrected chi connectivity index (χ4v) is 2.05. The summed E-state index contributed by atoms with van der Waals surface area (Å²) >= 11 is 0. The number of carbonyl (C=O) groups is 1. The Labute approximate surface area is 97.6 Å². The molecule has 0 aromatic carbocycles. The highest BCUT2D eigenvalue weighted by molar-refractivity contribution is 5.67.